The Kier molecular flexibility index (Phi) is 7.16. The summed E-state index contributed by atoms with van der Waals surface area (Å²) >= 11 is 0. The third-order valence-electron chi connectivity index (χ3n) is 5.45. The van der Waals surface area contributed by atoms with Crippen molar-refractivity contribution in [3.8, 4) is 22.4 Å². The predicted octanol–water partition coefficient (Wildman–Crippen LogP) is 4.59. The van der Waals surface area contributed by atoms with Gasteiger partial charge in [-0.15, -0.1) is 0 Å². The molecule has 0 radical (unpaired) electrons. The highest BCUT2D eigenvalue weighted by atomic mass is 16.5. The SMILES string of the molecule is CCOC(=O)c1ccc(Cn2nc(-c3ccccc3)c(-c3ccccc3)c(C(=O)OC)c2=O)cc1. The summed E-state index contributed by atoms with van der Waals surface area (Å²) in [5, 5.41) is 4.68. The lowest BCUT2D eigenvalue weighted by molar-refractivity contribution is 0.0525. The summed E-state index contributed by atoms with van der Waals surface area (Å²) in [6.07, 6.45) is 0. The molecule has 0 aliphatic rings. The molecule has 176 valence electrons. The van der Waals surface area contributed by atoms with Crippen LogP contribution in [0, 0.1) is 0 Å². The van der Waals surface area contributed by atoms with Gasteiger partial charge in [-0.25, -0.2) is 14.3 Å². The molecule has 7 heteroatoms. The van der Waals surface area contributed by atoms with E-state index in [1.807, 2.05) is 60.7 Å². The van der Waals surface area contributed by atoms with Gasteiger partial charge in [-0.3, -0.25) is 4.79 Å². The Morgan fingerprint density at radius 3 is 2.00 bits per heavy atom. The van der Waals surface area contributed by atoms with Crippen LogP contribution in [0.25, 0.3) is 22.4 Å². The average molecular weight is 469 g/mol. The van der Waals surface area contributed by atoms with Crippen LogP contribution in [0.3, 0.4) is 0 Å². The summed E-state index contributed by atoms with van der Waals surface area (Å²) < 4.78 is 11.3. The van der Waals surface area contributed by atoms with Crippen molar-refractivity contribution in [2.45, 2.75) is 13.5 Å². The standard InChI is InChI=1S/C28H24N2O5/c1-3-35-27(32)22-16-14-19(15-17-22)18-30-26(31)24(28(33)34-2)23(20-10-6-4-7-11-20)25(29-30)21-12-8-5-9-13-21/h4-17H,3,18H2,1-2H3. The molecule has 0 aliphatic carbocycles. The van der Waals surface area contributed by atoms with Crippen LogP contribution in [0.1, 0.15) is 33.2 Å². The maximum Gasteiger partial charge on any atom is 0.344 e. The molecule has 0 amide bonds. The molecule has 1 heterocycles. The summed E-state index contributed by atoms with van der Waals surface area (Å²) in [6.45, 7) is 2.12. The van der Waals surface area contributed by atoms with E-state index in [0.717, 1.165) is 11.1 Å². The van der Waals surface area contributed by atoms with E-state index in [2.05, 4.69) is 5.10 Å². The maximum absolute atomic E-state index is 13.5. The van der Waals surface area contributed by atoms with Gasteiger partial charge in [0.15, 0.2) is 0 Å². The van der Waals surface area contributed by atoms with Crippen molar-refractivity contribution in [3.05, 3.63) is 112 Å². The first-order chi connectivity index (χ1) is 17.0. The molecule has 0 spiro atoms. The summed E-state index contributed by atoms with van der Waals surface area (Å²) in [4.78, 5) is 38.4. The van der Waals surface area contributed by atoms with Crippen LogP contribution < -0.4 is 5.56 Å². The van der Waals surface area contributed by atoms with E-state index in [-0.39, 0.29) is 18.7 Å². The van der Waals surface area contributed by atoms with Gasteiger partial charge < -0.3 is 9.47 Å². The predicted molar refractivity (Wildman–Crippen MR) is 132 cm³/mol. The van der Waals surface area contributed by atoms with Gasteiger partial charge in [-0.05, 0) is 30.2 Å². The second-order valence-electron chi connectivity index (χ2n) is 7.70. The van der Waals surface area contributed by atoms with Gasteiger partial charge in [0.1, 0.15) is 5.56 Å². The molecule has 1 aromatic heterocycles. The van der Waals surface area contributed by atoms with Gasteiger partial charge in [0.25, 0.3) is 5.56 Å². The lowest BCUT2D eigenvalue weighted by Gasteiger charge is -2.16. The third kappa shape index (κ3) is 5.04. The summed E-state index contributed by atoms with van der Waals surface area (Å²) in [7, 11) is 1.25. The molecule has 0 saturated carbocycles. The van der Waals surface area contributed by atoms with E-state index >= 15 is 0 Å². The molecule has 0 atom stereocenters. The Morgan fingerprint density at radius 2 is 1.43 bits per heavy atom. The molecule has 0 bridgehead atoms. The topological polar surface area (TPSA) is 87.5 Å². The molecular formula is C28H24N2O5. The fraction of sp³-hybridized carbons (Fsp3) is 0.143. The van der Waals surface area contributed by atoms with E-state index in [9.17, 15) is 14.4 Å². The van der Waals surface area contributed by atoms with Gasteiger partial charge >= 0.3 is 11.9 Å². The first-order valence-corrected chi connectivity index (χ1v) is 11.1. The first kappa shape index (κ1) is 23.6. The van der Waals surface area contributed by atoms with E-state index in [1.54, 1.807) is 31.2 Å². The zero-order chi connectivity index (χ0) is 24.8. The minimum atomic E-state index is -0.736. The van der Waals surface area contributed by atoms with Gasteiger partial charge in [-0.1, -0.05) is 72.8 Å². The van der Waals surface area contributed by atoms with Crippen LogP contribution in [0.4, 0.5) is 0 Å². The van der Waals surface area contributed by atoms with Crippen molar-refractivity contribution in [2.24, 2.45) is 0 Å². The number of aromatic nitrogens is 2. The van der Waals surface area contributed by atoms with E-state index < -0.39 is 17.5 Å². The molecule has 3 aromatic carbocycles. The summed E-state index contributed by atoms with van der Waals surface area (Å²) in [5.41, 5.74) is 2.83. The van der Waals surface area contributed by atoms with Crippen molar-refractivity contribution in [3.63, 3.8) is 0 Å². The third-order valence-corrected chi connectivity index (χ3v) is 5.45. The number of carbonyl (C=O) groups excluding carboxylic acids is 2. The highest BCUT2D eigenvalue weighted by Crippen LogP contribution is 2.32. The minimum Gasteiger partial charge on any atom is -0.465 e. The fourth-order valence-corrected chi connectivity index (χ4v) is 3.79. The number of hydrogen-bond acceptors (Lipinski definition) is 6. The van der Waals surface area contributed by atoms with Crippen LogP contribution >= 0.6 is 0 Å². The van der Waals surface area contributed by atoms with Gasteiger partial charge in [-0.2, -0.15) is 5.10 Å². The van der Waals surface area contributed by atoms with Crippen LogP contribution in [0.5, 0.6) is 0 Å². The van der Waals surface area contributed by atoms with Crippen molar-refractivity contribution in [1.29, 1.82) is 0 Å². The molecule has 7 nitrogen and oxygen atoms in total. The molecule has 35 heavy (non-hydrogen) atoms. The Labute approximate surface area is 202 Å². The Morgan fingerprint density at radius 1 is 0.829 bits per heavy atom. The Balaban J connectivity index is 1.89. The van der Waals surface area contributed by atoms with Crippen LogP contribution in [0.15, 0.2) is 89.7 Å². The number of methoxy groups -OCH3 is 1. The van der Waals surface area contributed by atoms with Gasteiger partial charge in [0.2, 0.25) is 0 Å². The average Bonchev–Trinajstić information content (AvgIpc) is 2.90. The second kappa shape index (κ2) is 10.6. The molecule has 4 rings (SSSR count). The number of rotatable bonds is 7. The van der Waals surface area contributed by atoms with Crippen molar-refractivity contribution in [2.75, 3.05) is 13.7 Å². The maximum atomic E-state index is 13.5. The molecule has 0 saturated heterocycles. The minimum absolute atomic E-state index is 0.0873. The number of nitrogens with zero attached hydrogens (tertiary/aromatic N) is 2. The Bertz CT molecular complexity index is 1400. The number of esters is 2. The largest absolute Gasteiger partial charge is 0.465 e. The molecule has 0 unspecified atom stereocenters. The highest BCUT2D eigenvalue weighted by molar-refractivity contribution is 6.00. The quantitative estimate of drug-likeness (QED) is 0.369. The van der Waals surface area contributed by atoms with Crippen molar-refractivity contribution >= 4 is 11.9 Å². The van der Waals surface area contributed by atoms with Crippen LogP contribution in [0.2, 0.25) is 0 Å². The molecule has 4 aromatic rings. The molecule has 0 aliphatic heterocycles. The first-order valence-electron chi connectivity index (χ1n) is 11.1. The smallest absolute Gasteiger partial charge is 0.344 e. The zero-order valence-electron chi connectivity index (χ0n) is 19.4. The molecule has 0 fully saturated rings. The molecular weight excluding hydrogens is 444 g/mol. The monoisotopic (exact) mass is 468 g/mol. The van der Waals surface area contributed by atoms with Gasteiger partial charge in [0.05, 0.1) is 31.5 Å². The lowest BCUT2D eigenvalue weighted by atomic mass is 9.95. The zero-order valence-corrected chi connectivity index (χ0v) is 19.4. The van der Waals surface area contributed by atoms with E-state index in [0.29, 0.717) is 22.4 Å². The number of benzene rings is 3. The van der Waals surface area contributed by atoms with Crippen LogP contribution in [-0.2, 0) is 16.0 Å². The lowest BCUT2D eigenvalue weighted by Crippen LogP contribution is -2.31. The van der Waals surface area contributed by atoms with Crippen molar-refractivity contribution in [1.82, 2.24) is 9.78 Å². The summed E-state index contributed by atoms with van der Waals surface area (Å²) in [5.74, 6) is -1.15. The van der Waals surface area contributed by atoms with E-state index in [1.165, 1.54) is 11.8 Å². The highest BCUT2D eigenvalue weighted by Gasteiger charge is 2.25. The Hall–Kier alpha value is -4.52. The van der Waals surface area contributed by atoms with Gasteiger partial charge in [0, 0.05) is 11.1 Å². The van der Waals surface area contributed by atoms with E-state index in [4.69, 9.17) is 9.47 Å². The van der Waals surface area contributed by atoms with Crippen LogP contribution in [-0.4, -0.2) is 35.4 Å². The number of carbonyl (C=O) groups is 2. The summed E-state index contributed by atoms with van der Waals surface area (Å²) in [6, 6.07) is 25.3. The second-order valence-corrected chi connectivity index (χ2v) is 7.70. The fourth-order valence-electron chi connectivity index (χ4n) is 3.79. The number of ether oxygens (including phenoxy) is 2. The normalized spacial score (nSPS) is 10.6. The van der Waals surface area contributed by atoms with Crippen molar-refractivity contribution < 1.29 is 19.1 Å². The molecule has 0 N–H and O–H groups in total. The number of hydrogen-bond donors (Lipinski definition) is 0.